The average molecular weight is 738 g/mol. The molecule has 2 aliphatic rings. The van der Waals surface area contributed by atoms with Crippen molar-refractivity contribution < 1.29 is 43.0 Å². The maximum absolute atomic E-state index is 13.2. The minimum Gasteiger partial charge on any atom is -0.497 e. The number of piperidine rings is 1. The van der Waals surface area contributed by atoms with Gasteiger partial charge in [-0.05, 0) is 54.0 Å². The Hall–Kier alpha value is -6.39. The van der Waals surface area contributed by atoms with E-state index in [1.165, 1.54) is 12.1 Å². The van der Waals surface area contributed by atoms with Crippen LogP contribution in [0.5, 0.6) is 5.75 Å². The van der Waals surface area contributed by atoms with E-state index in [0.29, 0.717) is 13.2 Å². The number of pyridine rings is 1. The molecule has 0 radical (unpaired) electrons. The van der Waals surface area contributed by atoms with Crippen LogP contribution in [0, 0.1) is 0 Å². The third-order valence-corrected chi connectivity index (χ3v) is 8.77. The van der Waals surface area contributed by atoms with Crippen molar-refractivity contribution in [3.05, 3.63) is 83.7 Å². The number of nitrogens with one attached hydrogen (secondary N) is 5. The zero-order chi connectivity index (χ0) is 38.0. The molecule has 1 unspecified atom stereocenters. The van der Waals surface area contributed by atoms with Crippen LogP contribution in [0.3, 0.4) is 0 Å². The minimum absolute atomic E-state index is 0.0194. The van der Waals surface area contributed by atoms with Gasteiger partial charge in [-0.3, -0.25) is 39.0 Å². The SMILES string of the molecule is COc1ccc(-c2c[nH]c3ncc(/C=C/C(=O)NCCOCCOCCNC(=O)CNc4cccc5c4C(=O)N(C4CCC(=O)NC4=O)C5=O)cc23)cc1. The second-order valence-electron chi connectivity index (χ2n) is 12.3. The summed E-state index contributed by atoms with van der Waals surface area (Å²) in [6, 6.07) is 13.3. The second-order valence-corrected chi connectivity index (χ2v) is 12.3. The normalized spacial score (nSPS) is 15.4. The predicted molar refractivity (Wildman–Crippen MR) is 196 cm³/mol. The number of nitrogens with zero attached hydrogens (tertiary/aromatic N) is 2. The molecular weight excluding hydrogens is 698 g/mol. The number of carbonyl (C=O) groups is 6. The van der Waals surface area contributed by atoms with Gasteiger partial charge < -0.3 is 35.1 Å². The van der Waals surface area contributed by atoms with Crippen molar-refractivity contribution in [3.63, 3.8) is 0 Å². The molecule has 54 heavy (non-hydrogen) atoms. The summed E-state index contributed by atoms with van der Waals surface area (Å²) < 4.78 is 16.2. The summed E-state index contributed by atoms with van der Waals surface area (Å²) in [7, 11) is 1.62. The molecule has 6 amide bonds. The minimum atomic E-state index is -1.08. The summed E-state index contributed by atoms with van der Waals surface area (Å²) in [5, 5.41) is 11.5. The fourth-order valence-corrected chi connectivity index (χ4v) is 6.08. The van der Waals surface area contributed by atoms with E-state index >= 15 is 0 Å². The number of ether oxygens (including phenoxy) is 3. The number of hydrogen-bond acceptors (Lipinski definition) is 11. The lowest BCUT2D eigenvalue weighted by molar-refractivity contribution is -0.136. The average Bonchev–Trinajstić information content (AvgIpc) is 3.71. The fourth-order valence-electron chi connectivity index (χ4n) is 6.08. The first kappa shape index (κ1) is 37.4. The molecule has 1 fully saturated rings. The van der Waals surface area contributed by atoms with Crippen molar-refractivity contribution in [2.45, 2.75) is 18.9 Å². The quantitative estimate of drug-likeness (QED) is 0.0602. The Kier molecular flexibility index (Phi) is 12.1. The van der Waals surface area contributed by atoms with Crippen molar-refractivity contribution in [2.75, 3.05) is 58.5 Å². The maximum Gasteiger partial charge on any atom is 0.264 e. The molecule has 1 atom stereocenters. The third-order valence-electron chi connectivity index (χ3n) is 8.77. The number of fused-ring (bicyclic) bond motifs is 2. The Labute approximate surface area is 309 Å². The van der Waals surface area contributed by atoms with Gasteiger partial charge in [-0.15, -0.1) is 0 Å². The van der Waals surface area contributed by atoms with E-state index in [2.05, 4.69) is 31.2 Å². The fraction of sp³-hybridized carbons (Fsp3) is 0.289. The molecule has 2 aliphatic heterocycles. The van der Waals surface area contributed by atoms with Gasteiger partial charge in [0.2, 0.25) is 23.6 Å². The molecule has 16 nitrogen and oxygen atoms in total. The summed E-state index contributed by atoms with van der Waals surface area (Å²) in [6.45, 7) is 1.46. The third kappa shape index (κ3) is 8.79. The van der Waals surface area contributed by atoms with E-state index in [1.54, 1.807) is 31.5 Å². The Balaban J connectivity index is 0.833. The highest BCUT2D eigenvalue weighted by Gasteiger charge is 2.45. The Bertz CT molecular complexity index is 2090. The highest BCUT2D eigenvalue weighted by Crippen LogP contribution is 2.33. The van der Waals surface area contributed by atoms with E-state index in [0.717, 1.165) is 38.4 Å². The van der Waals surface area contributed by atoms with Crippen LogP contribution in [0.1, 0.15) is 39.1 Å². The van der Waals surface area contributed by atoms with Crippen molar-refractivity contribution in [2.24, 2.45) is 0 Å². The van der Waals surface area contributed by atoms with Crippen molar-refractivity contribution in [3.8, 4) is 16.9 Å². The van der Waals surface area contributed by atoms with Crippen LogP contribution in [0.25, 0.3) is 28.2 Å². The molecule has 4 heterocycles. The number of amides is 6. The number of aromatic nitrogens is 2. The van der Waals surface area contributed by atoms with Gasteiger partial charge in [0, 0.05) is 54.6 Å². The van der Waals surface area contributed by atoms with Crippen molar-refractivity contribution in [1.82, 2.24) is 30.8 Å². The van der Waals surface area contributed by atoms with E-state index in [1.807, 2.05) is 36.5 Å². The number of H-pyrrole nitrogens is 1. The van der Waals surface area contributed by atoms with Crippen LogP contribution in [-0.4, -0.2) is 110 Å². The van der Waals surface area contributed by atoms with E-state index in [-0.39, 0.29) is 74.4 Å². The highest BCUT2D eigenvalue weighted by molar-refractivity contribution is 6.25. The summed E-state index contributed by atoms with van der Waals surface area (Å²) in [4.78, 5) is 83.3. The van der Waals surface area contributed by atoms with Gasteiger partial charge >= 0.3 is 0 Å². The number of rotatable bonds is 17. The molecule has 0 spiro atoms. The second kappa shape index (κ2) is 17.4. The predicted octanol–water partition coefficient (Wildman–Crippen LogP) is 2.03. The molecule has 280 valence electrons. The number of imide groups is 2. The molecule has 4 aromatic rings. The number of aromatic amines is 1. The first-order valence-corrected chi connectivity index (χ1v) is 17.3. The molecule has 6 rings (SSSR count). The first-order valence-electron chi connectivity index (χ1n) is 17.3. The number of hydrogen-bond donors (Lipinski definition) is 5. The Morgan fingerprint density at radius 3 is 2.44 bits per heavy atom. The van der Waals surface area contributed by atoms with Crippen LogP contribution in [0.2, 0.25) is 0 Å². The maximum atomic E-state index is 13.2. The van der Waals surface area contributed by atoms with Gasteiger partial charge in [-0.1, -0.05) is 18.2 Å². The monoisotopic (exact) mass is 737 g/mol. The molecule has 1 saturated heterocycles. The number of methoxy groups -OCH3 is 1. The van der Waals surface area contributed by atoms with Crippen LogP contribution >= 0.6 is 0 Å². The standard InChI is InChI=1S/C38H39N7O9/c1-52-25-8-6-24(7-9-25)28-21-43-35-27(28)19-23(20-42-35)5-11-31(46)39-13-15-53-17-18-54-16-14-40-33(48)22-41-29-4-2-3-26-34(29)38(51)45(37(26)50)30-10-12-32(47)44-36(30)49/h2-9,11,19-21,30,41H,10,12-18,22H2,1H3,(H,39,46)(H,40,48)(H,42,43)(H,44,47,49)/b11-5+. The lowest BCUT2D eigenvalue weighted by Crippen LogP contribution is -2.54. The highest BCUT2D eigenvalue weighted by atomic mass is 16.5. The molecular formula is C38H39N7O9. The summed E-state index contributed by atoms with van der Waals surface area (Å²) in [5.74, 6) is -2.30. The molecule has 16 heteroatoms. The molecule has 2 aromatic carbocycles. The van der Waals surface area contributed by atoms with E-state index in [9.17, 15) is 28.8 Å². The topological polar surface area (TPSA) is 210 Å². The van der Waals surface area contributed by atoms with Crippen LogP contribution < -0.4 is 26.0 Å². The summed E-state index contributed by atoms with van der Waals surface area (Å²) in [5.41, 5.74) is 4.00. The summed E-state index contributed by atoms with van der Waals surface area (Å²) >= 11 is 0. The largest absolute Gasteiger partial charge is 0.497 e. The zero-order valence-corrected chi connectivity index (χ0v) is 29.4. The number of benzene rings is 2. The van der Waals surface area contributed by atoms with Gasteiger partial charge in [0.1, 0.15) is 17.4 Å². The molecule has 5 N–H and O–H groups in total. The molecule has 0 saturated carbocycles. The Morgan fingerprint density at radius 2 is 1.70 bits per heavy atom. The first-order chi connectivity index (χ1) is 26.2. The van der Waals surface area contributed by atoms with Crippen LogP contribution in [0.15, 0.2) is 67.0 Å². The molecule has 0 bridgehead atoms. The van der Waals surface area contributed by atoms with E-state index < -0.39 is 29.7 Å². The van der Waals surface area contributed by atoms with Gasteiger partial charge in [-0.25, -0.2) is 4.98 Å². The Morgan fingerprint density at radius 1 is 0.944 bits per heavy atom. The lowest BCUT2D eigenvalue weighted by Gasteiger charge is -2.27. The number of carbonyl (C=O) groups excluding carboxylic acids is 6. The molecule has 2 aromatic heterocycles. The van der Waals surface area contributed by atoms with Gasteiger partial charge in [-0.2, -0.15) is 0 Å². The zero-order valence-electron chi connectivity index (χ0n) is 29.4. The summed E-state index contributed by atoms with van der Waals surface area (Å²) in [6.07, 6.45) is 6.81. The van der Waals surface area contributed by atoms with Crippen molar-refractivity contribution >= 4 is 58.2 Å². The van der Waals surface area contributed by atoms with Gasteiger partial charge in [0.15, 0.2) is 0 Å². The smallest absolute Gasteiger partial charge is 0.264 e. The van der Waals surface area contributed by atoms with Crippen LogP contribution in [-0.2, 0) is 28.7 Å². The van der Waals surface area contributed by atoms with E-state index in [4.69, 9.17) is 14.2 Å². The van der Waals surface area contributed by atoms with Gasteiger partial charge in [0.25, 0.3) is 11.8 Å². The number of anilines is 1. The molecule has 0 aliphatic carbocycles. The van der Waals surface area contributed by atoms with Gasteiger partial charge in [0.05, 0.1) is 51.2 Å². The lowest BCUT2D eigenvalue weighted by atomic mass is 10.0. The van der Waals surface area contributed by atoms with Crippen LogP contribution in [0.4, 0.5) is 5.69 Å². The van der Waals surface area contributed by atoms with Crippen molar-refractivity contribution in [1.29, 1.82) is 0 Å².